The molecular formula is C9H9BrCl2N2O. The Balaban J connectivity index is 2.14. The maximum Gasteiger partial charge on any atom is 0.148 e. The van der Waals surface area contributed by atoms with Gasteiger partial charge in [0.15, 0.2) is 0 Å². The van der Waals surface area contributed by atoms with E-state index in [0.717, 1.165) is 19.4 Å². The van der Waals surface area contributed by atoms with Gasteiger partial charge in [-0.3, -0.25) is 0 Å². The first-order chi connectivity index (χ1) is 7.16. The van der Waals surface area contributed by atoms with E-state index < -0.39 is 0 Å². The van der Waals surface area contributed by atoms with Crippen LogP contribution in [0.3, 0.4) is 0 Å². The summed E-state index contributed by atoms with van der Waals surface area (Å²) < 4.78 is 6.03. The second-order valence-electron chi connectivity index (χ2n) is 3.37. The van der Waals surface area contributed by atoms with Gasteiger partial charge in [0.1, 0.15) is 16.1 Å². The van der Waals surface area contributed by atoms with Gasteiger partial charge in [0.05, 0.1) is 10.6 Å². The van der Waals surface area contributed by atoms with Gasteiger partial charge in [0.25, 0.3) is 0 Å². The molecule has 1 fully saturated rings. The van der Waals surface area contributed by atoms with Crippen molar-refractivity contribution in [3.63, 3.8) is 0 Å². The van der Waals surface area contributed by atoms with Gasteiger partial charge in [0, 0.05) is 13.0 Å². The molecule has 0 N–H and O–H groups in total. The topological polar surface area (TPSA) is 35.0 Å². The number of hydrogen-bond donors (Lipinski definition) is 0. The van der Waals surface area contributed by atoms with Gasteiger partial charge >= 0.3 is 0 Å². The van der Waals surface area contributed by atoms with Crippen LogP contribution < -0.4 is 0 Å². The summed E-state index contributed by atoms with van der Waals surface area (Å²) in [6.45, 7) is 0.822. The highest BCUT2D eigenvalue weighted by atomic mass is 79.9. The van der Waals surface area contributed by atoms with Gasteiger partial charge in [-0.05, 0) is 28.8 Å². The molecule has 0 saturated carbocycles. The smallest absolute Gasteiger partial charge is 0.148 e. The fraction of sp³-hybridized carbons (Fsp3) is 0.556. The zero-order chi connectivity index (χ0) is 10.8. The van der Waals surface area contributed by atoms with E-state index in [0.29, 0.717) is 27.0 Å². The first-order valence-electron chi connectivity index (χ1n) is 4.66. The predicted octanol–water partition coefficient (Wildman–Crippen LogP) is 3.27. The van der Waals surface area contributed by atoms with Crippen molar-refractivity contribution >= 4 is 39.1 Å². The molecule has 15 heavy (non-hydrogen) atoms. The van der Waals surface area contributed by atoms with Crippen molar-refractivity contribution in [2.45, 2.75) is 25.4 Å². The summed E-state index contributed by atoms with van der Waals surface area (Å²) in [5.74, 6) is 0.639. The van der Waals surface area contributed by atoms with Crippen LogP contribution in [0.15, 0.2) is 4.47 Å². The van der Waals surface area contributed by atoms with Crippen molar-refractivity contribution in [2.75, 3.05) is 6.61 Å². The van der Waals surface area contributed by atoms with Crippen LogP contribution in [0.1, 0.15) is 18.7 Å². The summed E-state index contributed by atoms with van der Waals surface area (Å²) in [6, 6.07) is 0. The monoisotopic (exact) mass is 310 g/mol. The van der Waals surface area contributed by atoms with Crippen molar-refractivity contribution in [1.82, 2.24) is 9.97 Å². The molecule has 1 saturated heterocycles. The van der Waals surface area contributed by atoms with Crippen molar-refractivity contribution in [1.29, 1.82) is 0 Å². The lowest BCUT2D eigenvalue weighted by Crippen LogP contribution is -2.11. The molecule has 0 radical (unpaired) electrons. The highest BCUT2D eigenvalue weighted by Crippen LogP contribution is 2.27. The summed E-state index contributed by atoms with van der Waals surface area (Å²) in [5, 5.41) is 0.700. The van der Waals surface area contributed by atoms with E-state index in [-0.39, 0.29) is 6.10 Å². The molecule has 1 aromatic rings. The quantitative estimate of drug-likeness (QED) is 0.786. The molecule has 0 spiro atoms. The van der Waals surface area contributed by atoms with Crippen molar-refractivity contribution in [2.24, 2.45) is 0 Å². The lowest BCUT2D eigenvalue weighted by atomic mass is 10.2. The Morgan fingerprint density at radius 2 is 2.00 bits per heavy atom. The third-order valence-corrected chi connectivity index (χ3v) is 4.01. The highest BCUT2D eigenvalue weighted by molar-refractivity contribution is 9.10. The zero-order valence-corrected chi connectivity index (χ0v) is 10.9. The maximum atomic E-state index is 5.88. The average molecular weight is 312 g/mol. The second kappa shape index (κ2) is 4.95. The normalized spacial score (nSPS) is 20.9. The lowest BCUT2D eigenvalue weighted by molar-refractivity contribution is 0.110. The van der Waals surface area contributed by atoms with E-state index in [1.807, 2.05) is 0 Å². The summed E-state index contributed by atoms with van der Waals surface area (Å²) in [5.41, 5.74) is 0. The molecule has 2 rings (SSSR count). The Labute approximate surface area is 106 Å². The third kappa shape index (κ3) is 2.81. The summed E-state index contributed by atoms with van der Waals surface area (Å²) in [6.07, 6.45) is 3.03. The van der Waals surface area contributed by atoms with Crippen LogP contribution in [0, 0.1) is 0 Å². The van der Waals surface area contributed by atoms with E-state index >= 15 is 0 Å². The number of ether oxygens (including phenoxy) is 1. The summed E-state index contributed by atoms with van der Waals surface area (Å²) in [4.78, 5) is 8.28. The van der Waals surface area contributed by atoms with Crippen LogP contribution in [-0.2, 0) is 11.2 Å². The van der Waals surface area contributed by atoms with Gasteiger partial charge in [-0.1, -0.05) is 23.2 Å². The Morgan fingerprint density at radius 1 is 1.33 bits per heavy atom. The molecule has 0 bridgehead atoms. The average Bonchev–Trinajstić information content (AvgIpc) is 2.66. The van der Waals surface area contributed by atoms with E-state index in [1.165, 1.54) is 0 Å². The van der Waals surface area contributed by atoms with Crippen molar-refractivity contribution in [3.05, 3.63) is 20.6 Å². The number of aromatic nitrogens is 2. The Bertz CT molecular complexity index is 346. The fourth-order valence-electron chi connectivity index (χ4n) is 1.54. The van der Waals surface area contributed by atoms with Gasteiger partial charge in [-0.25, -0.2) is 9.97 Å². The van der Waals surface area contributed by atoms with E-state index in [2.05, 4.69) is 25.9 Å². The van der Waals surface area contributed by atoms with Crippen LogP contribution in [0.4, 0.5) is 0 Å². The summed E-state index contributed by atoms with van der Waals surface area (Å²) >= 11 is 15.0. The second-order valence-corrected chi connectivity index (χ2v) is 4.88. The molecular weight excluding hydrogens is 303 g/mol. The molecule has 2 heterocycles. The molecule has 1 unspecified atom stereocenters. The number of nitrogens with zero attached hydrogens (tertiary/aromatic N) is 2. The first kappa shape index (κ1) is 11.6. The van der Waals surface area contributed by atoms with Crippen molar-refractivity contribution < 1.29 is 4.74 Å². The molecule has 0 aliphatic carbocycles. The standard InChI is InChI=1S/C9H9BrCl2N2O/c10-7-8(11)13-6(14-9(7)12)4-5-2-1-3-15-5/h5H,1-4H2. The maximum absolute atomic E-state index is 5.88. The van der Waals surface area contributed by atoms with E-state index in [9.17, 15) is 0 Å². The van der Waals surface area contributed by atoms with Gasteiger partial charge in [0.2, 0.25) is 0 Å². The fourth-order valence-corrected chi connectivity index (χ4v) is 2.13. The summed E-state index contributed by atoms with van der Waals surface area (Å²) in [7, 11) is 0. The lowest BCUT2D eigenvalue weighted by Gasteiger charge is -2.08. The molecule has 1 aliphatic heterocycles. The number of hydrogen-bond acceptors (Lipinski definition) is 3. The van der Waals surface area contributed by atoms with Crippen LogP contribution >= 0.6 is 39.1 Å². The van der Waals surface area contributed by atoms with Gasteiger partial charge < -0.3 is 4.74 Å². The minimum absolute atomic E-state index is 0.207. The number of halogens is 3. The van der Waals surface area contributed by atoms with Crippen LogP contribution in [0.25, 0.3) is 0 Å². The highest BCUT2D eigenvalue weighted by Gasteiger charge is 2.18. The first-order valence-corrected chi connectivity index (χ1v) is 6.20. The van der Waals surface area contributed by atoms with E-state index in [1.54, 1.807) is 0 Å². The van der Waals surface area contributed by atoms with Crippen molar-refractivity contribution in [3.8, 4) is 0 Å². The largest absolute Gasteiger partial charge is 0.378 e. The minimum atomic E-state index is 0.207. The minimum Gasteiger partial charge on any atom is -0.378 e. The molecule has 82 valence electrons. The van der Waals surface area contributed by atoms with E-state index in [4.69, 9.17) is 27.9 Å². The van der Waals surface area contributed by atoms with Crippen LogP contribution in [-0.4, -0.2) is 22.7 Å². The Kier molecular flexibility index (Phi) is 3.83. The Hall–Kier alpha value is 0.1000. The zero-order valence-electron chi connectivity index (χ0n) is 7.84. The molecule has 3 nitrogen and oxygen atoms in total. The molecule has 0 amide bonds. The molecule has 1 aliphatic rings. The molecule has 1 atom stereocenters. The van der Waals surface area contributed by atoms with Crippen LogP contribution in [0.5, 0.6) is 0 Å². The third-order valence-electron chi connectivity index (χ3n) is 2.25. The van der Waals surface area contributed by atoms with Crippen LogP contribution in [0.2, 0.25) is 10.3 Å². The van der Waals surface area contributed by atoms with Gasteiger partial charge in [-0.2, -0.15) is 0 Å². The SMILES string of the molecule is Clc1nc(CC2CCCO2)nc(Cl)c1Br. The van der Waals surface area contributed by atoms with Gasteiger partial charge in [-0.15, -0.1) is 0 Å². The predicted molar refractivity (Wildman–Crippen MR) is 62.4 cm³/mol. The number of rotatable bonds is 2. The Morgan fingerprint density at radius 3 is 2.53 bits per heavy atom. The molecule has 6 heteroatoms. The molecule has 0 aromatic carbocycles. The molecule has 1 aromatic heterocycles.